The monoisotopic (exact) mass is 298 g/mol. The van der Waals surface area contributed by atoms with E-state index in [0.717, 1.165) is 11.2 Å². The Morgan fingerprint density at radius 1 is 1.05 bits per heavy atom. The van der Waals surface area contributed by atoms with Gasteiger partial charge in [-0.05, 0) is 58.0 Å². The lowest BCUT2D eigenvalue weighted by molar-refractivity contribution is 0.243. The Morgan fingerprint density at radius 3 is 2.59 bits per heavy atom. The zero-order chi connectivity index (χ0) is 14.9. The van der Waals surface area contributed by atoms with Crippen molar-refractivity contribution in [1.82, 2.24) is 19.4 Å². The highest BCUT2D eigenvalue weighted by atomic mass is 15.2. The normalized spacial score (nSPS) is 22.4. The molecule has 0 radical (unpaired) electrons. The summed E-state index contributed by atoms with van der Waals surface area (Å²) in [6.07, 6.45) is 11.1. The summed E-state index contributed by atoms with van der Waals surface area (Å²) < 4.78 is 2.52. The summed E-state index contributed by atoms with van der Waals surface area (Å²) in [5, 5.41) is 0. The maximum absolute atomic E-state index is 5.02. The van der Waals surface area contributed by atoms with Gasteiger partial charge in [-0.3, -0.25) is 0 Å². The lowest BCUT2D eigenvalue weighted by Crippen LogP contribution is -2.31. The Bertz CT molecular complexity index is 634. The van der Waals surface area contributed by atoms with Gasteiger partial charge in [0.2, 0.25) is 0 Å². The molecule has 2 aromatic heterocycles. The zero-order valence-corrected chi connectivity index (χ0v) is 13.5. The van der Waals surface area contributed by atoms with Gasteiger partial charge in [-0.1, -0.05) is 19.3 Å². The summed E-state index contributed by atoms with van der Waals surface area (Å²) in [6.45, 7) is 2.37. The van der Waals surface area contributed by atoms with E-state index in [1.807, 2.05) is 12.3 Å². The van der Waals surface area contributed by atoms with E-state index >= 15 is 0 Å². The lowest BCUT2D eigenvalue weighted by Gasteiger charge is -2.31. The maximum atomic E-state index is 5.02. The number of hydrogen-bond acceptors (Lipinski definition) is 3. The third-order valence-corrected chi connectivity index (χ3v) is 5.50. The molecule has 2 aromatic rings. The first kappa shape index (κ1) is 14.2. The molecule has 1 aliphatic heterocycles. The summed E-state index contributed by atoms with van der Waals surface area (Å²) in [7, 11) is 2.22. The highest BCUT2D eigenvalue weighted by Crippen LogP contribution is 2.36. The smallest absolute Gasteiger partial charge is 0.160 e. The molecule has 3 heterocycles. The third-order valence-electron chi connectivity index (χ3n) is 5.50. The van der Waals surface area contributed by atoms with Crippen LogP contribution >= 0.6 is 0 Å². The van der Waals surface area contributed by atoms with Crippen LogP contribution in [0.15, 0.2) is 18.3 Å². The molecule has 0 aromatic carbocycles. The van der Waals surface area contributed by atoms with Gasteiger partial charge in [0.05, 0.1) is 0 Å². The minimum atomic E-state index is 0.604. The van der Waals surface area contributed by atoms with Gasteiger partial charge in [-0.2, -0.15) is 0 Å². The summed E-state index contributed by atoms with van der Waals surface area (Å²) in [5.74, 6) is 1.92. The van der Waals surface area contributed by atoms with E-state index < -0.39 is 0 Å². The predicted octanol–water partition coefficient (Wildman–Crippen LogP) is 3.75. The van der Waals surface area contributed by atoms with E-state index in [1.54, 1.807) is 0 Å². The van der Waals surface area contributed by atoms with Crippen molar-refractivity contribution in [2.45, 2.75) is 56.9 Å². The van der Waals surface area contributed by atoms with Crippen molar-refractivity contribution >= 4 is 11.2 Å². The summed E-state index contributed by atoms with van der Waals surface area (Å²) >= 11 is 0. The molecule has 4 heteroatoms. The molecule has 4 nitrogen and oxygen atoms in total. The lowest BCUT2D eigenvalue weighted by atomic mass is 9.92. The number of piperidine rings is 1. The number of fused-ring (bicyclic) bond motifs is 1. The topological polar surface area (TPSA) is 34.0 Å². The minimum absolute atomic E-state index is 0.604. The van der Waals surface area contributed by atoms with Gasteiger partial charge in [0.1, 0.15) is 11.3 Å². The molecule has 22 heavy (non-hydrogen) atoms. The summed E-state index contributed by atoms with van der Waals surface area (Å²) in [5.41, 5.74) is 2.20. The van der Waals surface area contributed by atoms with Crippen LogP contribution in [0.25, 0.3) is 11.2 Å². The van der Waals surface area contributed by atoms with Crippen molar-refractivity contribution in [2.75, 3.05) is 20.1 Å². The molecule has 0 amide bonds. The number of nitrogens with zero attached hydrogens (tertiary/aromatic N) is 4. The van der Waals surface area contributed by atoms with E-state index in [2.05, 4.69) is 27.6 Å². The fourth-order valence-corrected chi connectivity index (χ4v) is 4.20. The zero-order valence-electron chi connectivity index (χ0n) is 13.5. The van der Waals surface area contributed by atoms with Gasteiger partial charge in [-0.25, -0.2) is 9.97 Å². The third kappa shape index (κ3) is 2.54. The van der Waals surface area contributed by atoms with Crippen molar-refractivity contribution in [2.24, 2.45) is 0 Å². The van der Waals surface area contributed by atoms with Crippen LogP contribution in [-0.2, 0) is 0 Å². The molecule has 0 N–H and O–H groups in total. The highest BCUT2D eigenvalue weighted by molar-refractivity contribution is 5.71. The van der Waals surface area contributed by atoms with Crippen molar-refractivity contribution in [3.05, 3.63) is 24.2 Å². The van der Waals surface area contributed by atoms with E-state index in [1.165, 1.54) is 63.9 Å². The SMILES string of the molecule is CN1CCC(c2nc3cccnc3n2C2CCCCC2)CC1. The minimum Gasteiger partial charge on any atom is -0.309 e. The maximum Gasteiger partial charge on any atom is 0.160 e. The molecule has 1 saturated heterocycles. The van der Waals surface area contributed by atoms with Crippen LogP contribution in [0.5, 0.6) is 0 Å². The van der Waals surface area contributed by atoms with Gasteiger partial charge in [-0.15, -0.1) is 0 Å². The number of rotatable bonds is 2. The molecule has 1 saturated carbocycles. The molecule has 4 rings (SSSR count). The number of likely N-dealkylation sites (tertiary alicyclic amines) is 1. The Hall–Kier alpha value is -1.42. The molecular formula is C18H26N4. The molecule has 0 bridgehead atoms. The first-order valence-electron chi connectivity index (χ1n) is 8.84. The van der Waals surface area contributed by atoms with Crippen LogP contribution in [0.4, 0.5) is 0 Å². The molecule has 2 fully saturated rings. The van der Waals surface area contributed by atoms with Crippen molar-refractivity contribution in [1.29, 1.82) is 0 Å². The van der Waals surface area contributed by atoms with E-state index in [0.29, 0.717) is 12.0 Å². The van der Waals surface area contributed by atoms with Crippen LogP contribution < -0.4 is 0 Å². The van der Waals surface area contributed by atoms with Gasteiger partial charge in [0.25, 0.3) is 0 Å². The molecule has 2 aliphatic rings. The van der Waals surface area contributed by atoms with Gasteiger partial charge >= 0.3 is 0 Å². The van der Waals surface area contributed by atoms with Crippen LogP contribution in [0, 0.1) is 0 Å². The van der Waals surface area contributed by atoms with Gasteiger partial charge in [0, 0.05) is 18.2 Å². The van der Waals surface area contributed by atoms with Crippen molar-refractivity contribution in [3.8, 4) is 0 Å². The molecular weight excluding hydrogens is 272 g/mol. The summed E-state index contributed by atoms with van der Waals surface area (Å²) in [4.78, 5) is 12.1. The molecule has 0 atom stereocenters. The molecule has 0 unspecified atom stereocenters. The number of aromatic nitrogens is 3. The second kappa shape index (κ2) is 5.99. The standard InChI is InChI=1S/C18H26N4/c1-21-12-9-14(10-13-21)17-20-16-8-5-11-19-18(16)22(17)15-6-3-2-4-7-15/h5,8,11,14-15H,2-4,6-7,9-10,12-13H2,1H3. The van der Waals surface area contributed by atoms with Gasteiger partial charge in [0.15, 0.2) is 5.65 Å². The molecule has 118 valence electrons. The van der Waals surface area contributed by atoms with E-state index in [4.69, 9.17) is 4.98 Å². The van der Waals surface area contributed by atoms with Crippen LogP contribution in [0.2, 0.25) is 0 Å². The Balaban J connectivity index is 1.75. The molecule has 1 aliphatic carbocycles. The number of pyridine rings is 1. The first-order chi connectivity index (χ1) is 10.8. The highest BCUT2D eigenvalue weighted by Gasteiger charge is 2.28. The summed E-state index contributed by atoms with van der Waals surface area (Å²) in [6, 6.07) is 4.75. The number of hydrogen-bond donors (Lipinski definition) is 0. The predicted molar refractivity (Wildman–Crippen MR) is 89.1 cm³/mol. The van der Waals surface area contributed by atoms with Gasteiger partial charge < -0.3 is 9.47 Å². The fraction of sp³-hybridized carbons (Fsp3) is 0.667. The van der Waals surface area contributed by atoms with E-state index in [9.17, 15) is 0 Å². The number of imidazole rings is 1. The second-order valence-electron chi connectivity index (χ2n) is 7.06. The van der Waals surface area contributed by atoms with Crippen molar-refractivity contribution in [3.63, 3.8) is 0 Å². The van der Waals surface area contributed by atoms with Crippen LogP contribution in [-0.4, -0.2) is 39.6 Å². The van der Waals surface area contributed by atoms with Crippen molar-refractivity contribution < 1.29 is 0 Å². The second-order valence-corrected chi connectivity index (χ2v) is 7.06. The molecule has 0 spiro atoms. The average molecular weight is 298 g/mol. The van der Waals surface area contributed by atoms with Crippen LogP contribution in [0.1, 0.15) is 62.7 Å². The Labute approximate surface area is 132 Å². The fourth-order valence-electron chi connectivity index (χ4n) is 4.20. The Morgan fingerprint density at radius 2 is 1.82 bits per heavy atom. The van der Waals surface area contributed by atoms with E-state index in [-0.39, 0.29) is 0 Å². The van der Waals surface area contributed by atoms with Crippen LogP contribution in [0.3, 0.4) is 0 Å². The quantitative estimate of drug-likeness (QED) is 0.847. The Kier molecular flexibility index (Phi) is 3.87. The largest absolute Gasteiger partial charge is 0.309 e. The first-order valence-corrected chi connectivity index (χ1v) is 8.84. The average Bonchev–Trinajstić information content (AvgIpc) is 2.96.